The van der Waals surface area contributed by atoms with Crippen LogP contribution in [0.3, 0.4) is 0 Å². The predicted molar refractivity (Wildman–Crippen MR) is 126 cm³/mol. The zero-order valence-electron chi connectivity index (χ0n) is 18.1. The van der Waals surface area contributed by atoms with Gasteiger partial charge in [0.15, 0.2) is 17.2 Å². The summed E-state index contributed by atoms with van der Waals surface area (Å²) >= 11 is 1.64. The molecule has 3 aromatic rings. The number of ether oxygens (including phenoxy) is 3. The SMILES string of the molecule is COc1cc(C2=NNC(=O)/C2=N/Nc2ccc(C)c(-c3ccsc3)c2)cc(OC)c1OC. The van der Waals surface area contributed by atoms with Gasteiger partial charge in [-0.3, -0.25) is 10.2 Å². The van der Waals surface area contributed by atoms with Gasteiger partial charge in [0.25, 0.3) is 5.91 Å². The summed E-state index contributed by atoms with van der Waals surface area (Å²) in [5, 5.41) is 12.6. The predicted octanol–water partition coefficient (Wildman–Crippen LogP) is 4.05. The van der Waals surface area contributed by atoms with Gasteiger partial charge in [-0.05, 0) is 64.7 Å². The fraction of sp³-hybridized carbons (Fsp3) is 0.174. The van der Waals surface area contributed by atoms with E-state index in [1.54, 1.807) is 23.5 Å². The van der Waals surface area contributed by atoms with E-state index in [1.807, 2.05) is 23.6 Å². The van der Waals surface area contributed by atoms with Crippen LogP contribution >= 0.6 is 11.3 Å². The topological polar surface area (TPSA) is 93.5 Å². The second-order valence-corrected chi connectivity index (χ2v) is 7.71. The van der Waals surface area contributed by atoms with Gasteiger partial charge in [-0.1, -0.05) is 6.07 Å². The lowest BCUT2D eigenvalue weighted by atomic mass is 10.0. The maximum atomic E-state index is 12.4. The summed E-state index contributed by atoms with van der Waals surface area (Å²) in [6, 6.07) is 11.4. The molecule has 0 bridgehead atoms. The number of carbonyl (C=O) groups excluding carboxylic acids is 1. The van der Waals surface area contributed by atoms with E-state index in [0.29, 0.717) is 28.5 Å². The molecule has 0 saturated carbocycles. The van der Waals surface area contributed by atoms with Crippen molar-refractivity contribution in [2.45, 2.75) is 6.92 Å². The van der Waals surface area contributed by atoms with Crippen LogP contribution in [0.1, 0.15) is 11.1 Å². The Kier molecular flexibility index (Phi) is 6.09. The first-order valence-corrected chi connectivity index (χ1v) is 10.7. The van der Waals surface area contributed by atoms with Gasteiger partial charge in [0.2, 0.25) is 5.75 Å². The van der Waals surface area contributed by atoms with E-state index in [0.717, 1.165) is 22.4 Å². The van der Waals surface area contributed by atoms with E-state index in [9.17, 15) is 4.79 Å². The molecule has 1 aliphatic rings. The number of amides is 1. The van der Waals surface area contributed by atoms with E-state index in [4.69, 9.17) is 14.2 Å². The van der Waals surface area contributed by atoms with Gasteiger partial charge >= 0.3 is 0 Å². The molecule has 0 radical (unpaired) electrons. The fourth-order valence-corrected chi connectivity index (χ4v) is 4.04. The summed E-state index contributed by atoms with van der Waals surface area (Å²) in [6.45, 7) is 2.06. The third kappa shape index (κ3) is 4.02. The highest BCUT2D eigenvalue weighted by Crippen LogP contribution is 2.38. The van der Waals surface area contributed by atoms with Crippen LogP contribution in [0.15, 0.2) is 57.4 Å². The number of benzene rings is 2. The van der Waals surface area contributed by atoms with Gasteiger partial charge < -0.3 is 14.2 Å². The molecule has 164 valence electrons. The lowest BCUT2D eigenvalue weighted by molar-refractivity contribution is -0.114. The number of hydrogen-bond donors (Lipinski definition) is 2. The minimum absolute atomic E-state index is 0.150. The van der Waals surface area contributed by atoms with Crippen molar-refractivity contribution in [3.63, 3.8) is 0 Å². The highest BCUT2D eigenvalue weighted by atomic mass is 32.1. The van der Waals surface area contributed by atoms with Gasteiger partial charge in [-0.2, -0.15) is 21.5 Å². The van der Waals surface area contributed by atoms with Crippen LogP contribution in [0, 0.1) is 6.92 Å². The quantitative estimate of drug-likeness (QED) is 0.530. The van der Waals surface area contributed by atoms with Gasteiger partial charge in [-0.15, -0.1) is 0 Å². The number of hydrogen-bond acceptors (Lipinski definition) is 8. The van der Waals surface area contributed by atoms with E-state index >= 15 is 0 Å². The van der Waals surface area contributed by atoms with Crippen LogP contribution in [-0.2, 0) is 4.79 Å². The second kappa shape index (κ2) is 9.11. The number of rotatable bonds is 7. The number of methoxy groups -OCH3 is 3. The molecule has 1 amide bonds. The molecular formula is C23H22N4O4S. The number of aryl methyl sites for hydroxylation is 1. The molecule has 32 heavy (non-hydrogen) atoms. The zero-order valence-corrected chi connectivity index (χ0v) is 18.9. The average molecular weight is 451 g/mol. The van der Waals surface area contributed by atoms with Gasteiger partial charge in [0, 0.05) is 5.56 Å². The first-order chi connectivity index (χ1) is 15.5. The Hall–Kier alpha value is -3.85. The van der Waals surface area contributed by atoms with Crippen LogP contribution in [0.25, 0.3) is 11.1 Å². The van der Waals surface area contributed by atoms with Crippen LogP contribution in [0.2, 0.25) is 0 Å². The van der Waals surface area contributed by atoms with Crippen molar-refractivity contribution in [3.8, 4) is 28.4 Å². The first-order valence-electron chi connectivity index (χ1n) is 9.71. The monoisotopic (exact) mass is 450 g/mol. The number of thiophene rings is 1. The molecular weight excluding hydrogens is 428 g/mol. The van der Waals surface area contributed by atoms with E-state index in [2.05, 4.69) is 39.4 Å². The Bertz CT molecular complexity index is 1190. The van der Waals surface area contributed by atoms with Gasteiger partial charge in [-0.25, -0.2) is 5.43 Å². The zero-order chi connectivity index (χ0) is 22.7. The molecule has 2 heterocycles. The number of nitrogens with one attached hydrogen (secondary N) is 2. The number of hydrazone groups is 2. The Labute approximate surface area is 189 Å². The van der Waals surface area contributed by atoms with Crippen LogP contribution in [-0.4, -0.2) is 38.7 Å². The average Bonchev–Trinajstić information content (AvgIpc) is 3.47. The highest BCUT2D eigenvalue weighted by Gasteiger charge is 2.28. The van der Waals surface area contributed by atoms with Crippen molar-refractivity contribution in [1.82, 2.24) is 5.43 Å². The van der Waals surface area contributed by atoms with Crippen molar-refractivity contribution in [2.24, 2.45) is 10.2 Å². The lowest BCUT2D eigenvalue weighted by Crippen LogP contribution is -2.25. The molecule has 0 atom stereocenters. The summed E-state index contributed by atoms with van der Waals surface area (Å²) in [5.41, 5.74) is 10.7. The molecule has 0 unspecified atom stereocenters. The van der Waals surface area contributed by atoms with Crippen molar-refractivity contribution in [1.29, 1.82) is 0 Å². The number of nitrogens with zero attached hydrogens (tertiary/aromatic N) is 2. The summed E-state index contributed by atoms with van der Waals surface area (Å²) < 4.78 is 16.2. The van der Waals surface area contributed by atoms with Crippen molar-refractivity contribution < 1.29 is 19.0 Å². The maximum absolute atomic E-state index is 12.4. The second-order valence-electron chi connectivity index (χ2n) is 6.93. The normalized spacial score (nSPS) is 14.2. The molecule has 1 aromatic heterocycles. The largest absolute Gasteiger partial charge is 0.493 e. The van der Waals surface area contributed by atoms with Crippen molar-refractivity contribution in [3.05, 3.63) is 58.3 Å². The van der Waals surface area contributed by atoms with Crippen molar-refractivity contribution >= 4 is 34.4 Å². The van der Waals surface area contributed by atoms with Gasteiger partial charge in [0.1, 0.15) is 5.71 Å². The van der Waals surface area contributed by atoms with Crippen LogP contribution in [0.4, 0.5) is 5.69 Å². The Morgan fingerprint density at radius 3 is 2.38 bits per heavy atom. The number of anilines is 1. The molecule has 1 aliphatic heterocycles. The molecule has 0 saturated heterocycles. The summed E-state index contributed by atoms with van der Waals surface area (Å²) in [4.78, 5) is 12.4. The molecule has 8 nitrogen and oxygen atoms in total. The minimum atomic E-state index is -0.411. The van der Waals surface area contributed by atoms with Crippen LogP contribution in [0.5, 0.6) is 17.2 Å². The lowest BCUT2D eigenvalue weighted by Gasteiger charge is -2.14. The molecule has 0 spiro atoms. The summed E-state index contributed by atoms with van der Waals surface area (Å²) in [7, 11) is 4.58. The Balaban J connectivity index is 1.67. The molecule has 2 N–H and O–H groups in total. The van der Waals surface area contributed by atoms with Crippen molar-refractivity contribution in [2.75, 3.05) is 26.8 Å². The highest BCUT2D eigenvalue weighted by molar-refractivity contribution is 7.08. The van der Waals surface area contributed by atoms with E-state index in [-0.39, 0.29) is 5.71 Å². The molecule has 4 rings (SSSR count). The minimum Gasteiger partial charge on any atom is -0.493 e. The third-order valence-corrected chi connectivity index (χ3v) is 5.70. The Morgan fingerprint density at radius 1 is 1.00 bits per heavy atom. The molecule has 2 aromatic carbocycles. The molecule has 9 heteroatoms. The van der Waals surface area contributed by atoms with E-state index < -0.39 is 5.91 Å². The van der Waals surface area contributed by atoms with Crippen LogP contribution < -0.4 is 25.1 Å². The molecule has 0 aliphatic carbocycles. The third-order valence-electron chi connectivity index (χ3n) is 5.01. The standard InChI is InChI=1S/C23H22N4O4S/c1-13-5-6-16(11-17(13)14-7-8-32-12-14)24-26-21-20(25-27-23(21)28)15-9-18(29-2)22(31-4)19(10-15)30-3/h5-12,24H,1-4H3,(H,26,27,28). The maximum Gasteiger partial charge on any atom is 0.294 e. The van der Waals surface area contributed by atoms with Gasteiger partial charge in [0.05, 0.1) is 27.0 Å². The first kappa shape index (κ1) is 21.4. The fourth-order valence-electron chi connectivity index (χ4n) is 3.38. The summed E-state index contributed by atoms with van der Waals surface area (Å²) in [6.07, 6.45) is 0. The smallest absolute Gasteiger partial charge is 0.294 e. The van der Waals surface area contributed by atoms with E-state index in [1.165, 1.54) is 21.3 Å². The Morgan fingerprint density at radius 2 is 1.75 bits per heavy atom. The summed E-state index contributed by atoms with van der Waals surface area (Å²) in [5.74, 6) is 0.950. The number of carbonyl (C=O) groups is 1. The molecule has 0 fully saturated rings.